The van der Waals surface area contributed by atoms with Crippen LogP contribution in [0.15, 0.2) is 54.9 Å². The van der Waals surface area contributed by atoms with Crippen molar-refractivity contribution < 1.29 is 4.79 Å². The van der Waals surface area contributed by atoms with Gasteiger partial charge in [-0.1, -0.05) is 18.2 Å². The molecule has 0 spiro atoms. The molecule has 0 saturated heterocycles. The molecule has 0 bridgehead atoms. The first-order valence-electron chi connectivity index (χ1n) is 6.07. The van der Waals surface area contributed by atoms with Crippen LogP contribution in [-0.4, -0.2) is 15.8 Å². The van der Waals surface area contributed by atoms with E-state index in [-0.39, 0.29) is 5.78 Å². The summed E-state index contributed by atoms with van der Waals surface area (Å²) in [4.78, 5) is 21.0. The van der Waals surface area contributed by atoms with E-state index in [4.69, 9.17) is 0 Å². The van der Waals surface area contributed by atoms with Gasteiger partial charge >= 0.3 is 0 Å². The van der Waals surface area contributed by atoms with Crippen molar-refractivity contribution in [3.8, 4) is 0 Å². The molecular weight excluding hydrogens is 236 g/mol. The average molecular weight is 248 g/mol. The monoisotopic (exact) mass is 248 g/mol. The fourth-order valence-corrected chi connectivity index (χ4v) is 2.09. The number of ketones is 1. The van der Waals surface area contributed by atoms with E-state index in [0.717, 1.165) is 16.5 Å². The zero-order valence-electron chi connectivity index (χ0n) is 10.5. The number of carbonyl (C=O) groups excluding carboxylic acids is 1. The maximum atomic E-state index is 12.5. The van der Waals surface area contributed by atoms with Crippen LogP contribution in [0.2, 0.25) is 0 Å². The molecule has 3 aromatic rings. The lowest BCUT2D eigenvalue weighted by molar-refractivity contribution is 0.103. The third-order valence-electron chi connectivity index (χ3n) is 3.03. The fourth-order valence-electron chi connectivity index (χ4n) is 2.09. The van der Waals surface area contributed by atoms with Crippen LogP contribution in [0.3, 0.4) is 0 Å². The Hall–Kier alpha value is -2.55. The SMILES string of the molecule is Cc1ccnc(C(=O)c2cccc3cccnc23)c1. The molecule has 19 heavy (non-hydrogen) atoms. The number of benzene rings is 1. The Kier molecular flexibility index (Phi) is 2.80. The number of pyridine rings is 2. The molecule has 3 heteroatoms. The summed E-state index contributed by atoms with van der Waals surface area (Å²) in [6.07, 6.45) is 3.35. The molecule has 92 valence electrons. The van der Waals surface area contributed by atoms with E-state index in [1.807, 2.05) is 37.3 Å². The van der Waals surface area contributed by atoms with E-state index in [0.29, 0.717) is 11.3 Å². The van der Waals surface area contributed by atoms with Gasteiger partial charge in [-0.2, -0.15) is 0 Å². The fraction of sp³-hybridized carbons (Fsp3) is 0.0625. The first-order valence-corrected chi connectivity index (χ1v) is 6.07. The van der Waals surface area contributed by atoms with E-state index >= 15 is 0 Å². The van der Waals surface area contributed by atoms with Gasteiger partial charge < -0.3 is 0 Å². The first kappa shape index (κ1) is 11.5. The van der Waals surface area contributed by atoms with Gasteiger partial charge in [-0.25, -0.2) is 0 Å². The molecule has 0 aliphatic rings. The van der Waals surface area contributed by atoms with Crippen molar-refractivity contribution >= 4 is 16.7 Å². The number of carbonyl (C=O) groups is 1. The second kappa shape index (κ2) is 4.61. The lowest BCUT2D eigenvalue weighted by Crippen LogP contribution is -2.05. The quantitative estimate of drug-likeness (QED) is 0.654. The number of fused-ring (bicyclic) bond motifs is 1. The predicted molar refractivity (Wildman–Crippen MR) is 74.1 cm³/mol. The number of para-hydroxylation sites is 1. The summed E-state index contributed by atoms with van der Waals surface area (Å²) in [6, 6.07) is 13.1. The van der Waals surface area contributed by atoms with E-state index in [1.54, 1.807) is 24.5 Å². The number of aryl methyl sites for hydroxylation is 1. The topological polar surface area (TPSA) is 42.9 Å². The third kappa shape index (κ3) is 2.10. The summed E-state index contributed by atoms with van der Waals surface area (Å²) in [6.45, 7) is 1.94. The van der Waals surface area contributed by atoms with Gasteiger partial charge in [0.15, 0.2) is 0 Å². The highest BCUT2D eigenvalue weighted by Gasteiger charge is 2.14. The lowest BCUT2D eigenvalue weighted by atomic mass is 10.0. The Morgan fingerprint density at radius 1 is 1.00 bits per heavy atom. The van der Waals surface area contributed by atoms with Crippen molar-refractivity contribution in [1.29, 1.82) is 0 Å². The van der Waals surface area contributed by atoms with Gasteiger partial charge in [0, 0.05) is 17.8 Å². The van der Waals surface area contributed by atoms with E-state index in [9.17, 15) is 4.79 Å². The number of nitrogens with zero attached hydrogens (tertiary/aromatic N) is 2. The van der Waals surface area contributed by atoms with Crippen LogP contribution in [0.4, 0.5) is 0 Å². The second-order valence-electron chi connectivity index (χ2n) is 4.43. The minimum absolute atomic E-state index is 0.0898. The Labute approximate surface area is 111 Å². The van der Waals surface area contributed by atoms with Gasteiger partial charge in [-0.15, -0.1) is 0 Å². The standard InChI is InChI=1S/C16H12N2O/c1-11-7-9-17-14(10-11)16(19)13-6-2-4-12-5-3-8-18-15(12)13/h2-10H,1H3. The second-order valence-corrected chi connectivity index (χ2v) is 4.43. The number of aromatic nitrogens is 2. The minimum Gasteiger partial charge on any atom is -0.287 e. The van der Waals surface area contributed by atoms with Crippen LogP contribution in [0.1, 0.15) is 21.6 Å². The number of hydrogen-bond acceptors (Lipinski definition) is 3. The first-order chi connectivity index (χ1) is 9.25. The zero-order chi connectivity index (χ0) is 13.2. The summed E-state index contributed by atoms with van der Waals surface area (Å²) in [5.41, 5.74) is 2.79. The maximum absolute atomic E-state index is 12.5. The van der Waals surface area contributed by atoms with Gasteiger partial charge in [0.2, 0.25) is 5.78 Å². The zero-order valence-corrected chi connectivity index (χ0v) is 10.5. The van der Waals surface area contributed by atoms with Gasteiger partial charge in [-0.3, -0.25) is 14.8 Å². The third-order valence-corrected chi connectivity index (χ3v) is 3.03. The number of hydrogen-bond donors (Lipinski definition) is 0. The maximum Gasteiger partial charge on any atom is 0.213 e. The predicted octanol–water partition coefficient (Wildman–Crippen LogP) is 3.17. The van der Waals surface area contributed by atoms with Gasteiger partial charge in [0.05, 0.1) is 11.1 Å². The van der Waals surface area contributed by atoms with Crippen molar-refractivity contribution in [2.45, 2.75) is 6.92 Å². The molecule has 3 nitrogen and oxygen atoms in total. The molecule has 0 radical (unpaired) electrons. The Bertz CT molecular complexity index is 760. The summed E-state index contributed by atoms with van der Waals surface area (Å²) in [5, 5.41) is 0.959. The van der Waals surface area contributed by atoms with Crippen molar-refractivity contribution in [3.63, 3.8) is 0 Å². The van der Waals surface area contributed by atoms with Crippen molar-refractivity contribution in [3.05, 3.63) is 71.7 Å². The normalized spacial score (nSPS) is 10.6. The molecule has 2 heterocycles. The van der Waals surface area contributed by atoms with Crippen LogP contribution in [-0.2, 0) is 0 Å². The molecule has 0 fully saturated rings. The average Bonchev–Trinajstić information content (AvgIpc) is 2.46. The molecule has 3 rings (SSSR count). The molecule has 0 aliphatic carbocycles. The number of rotatable bonds is 2. The highest BCUT2D eigenvalue weighted by molar-refractivity contribution is 6.14. The van der Waals surface area contributed by atoms with E-state index in [1.165, 1.54) is 0 Å². The molecule has 0 saturated carbocycles. The van der Waals surface area contributed by atoms with Crippen LogP contribution >= 0.6 is 0 Å². The van der Waals surface area contributed by atoms with Crippen molar-refractivity contribution in [2.24, 2.45) is 0 Å². The van der Waals surface area contributed by atoms with Gasteiger partial charge in [0.25, 0.3) is 0 Å². The van der Waals surface area contributed by atoms with Crippen LogP contribution in [0, 0.1) is 6.92 Å². The summed E-state index contributed by atoms with van der Waals surface area (Å²) < 4.78 is 0. The van der Waals surface area contributed by atoms with Crippen LogP contribution in [0.5, 0.6) is 0 Å². The molecule has 0 atom stereocenters. The lowest BCUT2D eigenvalue weighted by Gasteiger charge is -2.04. The van der Waals surface area contributed by atoms with Gasteiger partial charge in [-0.05, 0) is 36.8 Å². The Morgan fingerprint density at radius 3 is 2.68 bits per heavy atom. The smallest absolute Gasteiger partial charge is 0.213 e. The molecule has 0 N–H and O–H groups in total. The highest BCUT2D eigenvalue weighted by atomic mass is 16.1. The largest absolute Gasteiger partial charge is 0.287 e. The van der Waals surface area contributed by atoms with E-state index in [2.05, 4.69) is 9.97 Å². The Morgan fingerprint density at radius 2 is 1.84 bits per heavy atom. The molecule has 0 unspecified atom stereocenters. The minimum atomic E-state index is -0.0898. The summed E-state index contributed by atoms with van der Waals surface area (Å²) >= 11 is 0. The molecule has 2 aromatic heterocycles. The molecule has 1 aromatic carbocycles. The Balaban J connectivity index is 2.17. The highest BCUT2D eigenvalue weighted by Crippen LogP contribution is 2.18. The molecular formula is C16H12N2O. The van der Waals surface area contributed by atoms with Crippen molar-refractivity contribution in [1.82, 2.24) is 9.97 Å². The van der Waals surface area contributed by atoms with Crippen LogP contribution < -0.4 is 0 Å². The summed E-state index contributed by atoms with van der Waals surface area (Å²) in [5.74, 6) is -0.0898. The van der Waals surface area contributed by atoms with Crippen molar-refractivity contribution in [2.75, 3.05) is 0 Å². The summed E-state index contributed by atoms with van der Waals surface area (Å²) in [7, 11) is 0. The van der Waals surface area contributed by atoms with Gasteiger partial charge in [0.1, 0.15) is 5.69 Å². The molecule has 0 amide bonds. The van der Waals surface area contributed by atoms with Crippen LogP contribution in [0.25, 0.3) is 10.9 Å². The molecule has 0 aliphatic heterocycles. The van der Waals surface area contributed by atoms with E-state index < -0.39 is 0 Å².